The summed E-state index contributed by atoms with van der Waals surface area (Å²) in [6.07, 6.45) is 4.69. The number of fused-ring (bicyclic) bond motifs is 1. The van der Waals surface area contributed by atoms with Crippen LogP contribution >= 0.6 is 0 Å². The molecule has 1 aliphatic heterocycles. The molecular weight excluding hydrogens is 264 g/mol. The summed E-state index contributed by atoms with van der Waals surface area (Å²) in [6, 6.07) is -0.224. The molecule has 0 radical (unpaired) electrons. The number of carbonyl (C=O) groups excluding carboxylic acids is 1. The van der Waals surface area contributed by atoms with Crippen molar-refractivity contribution in [1.82, 2.24) is 20.6 Å². The molecule has 3 atom stereocenters. The minimum absolute atomic E-state index is 0.0114. The third-order valence-electron chi connectivity index (χ3n) is 3.46. The van der Waals surface area contributed by atoms with Gasteiger partial charge in [0.2, 0.25) is 5.91 Å². The lowest BCUT2D eigenvalue weighted by atomic mass is 10.0. The van der Waals surface area contributed by atoms with E-state index in [1.165, 1.54) is 0 Å². The molecule has 19 heavy (non-hydrogen) atoms. The third-order valence-corrected chi connectivity index (χ3v) is 4.83. The van der Waals surface area contributed by atoms with Gasteiger partial charge in [0, 0.05) is 41.8 Å². The summed E-state index contributed by atoms with van der Waals surface area (Å²) in [6.45, 7) is 3.13. The van der Waals surface area contributed by atoms with E-state index in [0.717, 1.165) is 17.8 Å². The first-order valence-electron chi connectivity index (χ1n) is 6.42. The number of rotatable bonds is 5. The van der Waals surface area contributed by atoms with Crippen molar-refractivity contribution >= 4 is 16.7 Å². The van der Waals surface area contributed by atoms with E-state index >= 15 is 0 Å². The maximum atomic E-state index is 12.0. The van der Waals surface area contributed by atoms with Crippen LogP contribution in [-0.2, 0) is 28.6 Å². The summed E-state index contributed by atoms with van der Waals surface area (Å²) < 4.78 is 11.2. The van der Waals surface area contributed by atoms with Gasteiger partial charge in [-0.1, -0.05) is 6.92 Å². The van der Waals surface area contributed by atoms with E-state index in [9.17, 15) is 9.00 Å². The SMILES string of the molecule is CC(CCNC(=O)C1Cc2nc[nH]c2CN1)S(C)=O. The summed E-state index contributed by atoms with van der Waals surface area (Å²) in [4.78, 5) is 19.2. The monoisotopic (exact) mass is 284 g/mol. The predicted molar refractivity (Wildman–Crippen MR) is 74.1 cm³/mol. The average Bonchev–Trinajstić information content (AvgIpc) is 2.85. The van der Waals surface area contributed by atoms with Crippen molar-refractivity contribution in [2.75, 3.05) is 12.8 Å². The van der Waals surface area contributed by atoms with Crippen molar-refractivity contribution < 1.29 is 9.00 Å². The minimum Gasteiger partial charge on any atom is -0.355 e. The minimum atomic E-state index is -0.835. The number of nitrogens with one attached hydrogen (secondary N) is 3. The Kier molecular flexibility index (Phi) is 4.71. The van der Waals surface area contributed by atoms with Gasteiger partial charge >= 0.3 is 0 Å². The molecule has 0 aromatic carbocycles. The Balaban J connectivity index is 1.77. The van der Waals surface area contributed by atoms with Crippen LogP contribution in [0.25, 0.3) is 0 Å². The zero-order chi connectivity index (χ0) is 13.8. The number of hydrogen-bond acceptors (Lipinski definition) is 4. The molecule has 0 aliphatic carbocycles. The Morgan fingerprint density at radius 1 is 1.68 bits per heavy atom. The van der Waals surface area contributed by atoms with Crippen molar-refractivity contribution in [3.63, 3.8) is 0 Å². The molecule has 6 nitrogen and oxygen atoms in total. The second kappa shape index (κ2) is 6.29. The van der Waals surface area contributed by atoms with Crippen LogP contribution in [0.2, 0.25) is 0 Å². The smallest absolute Gasteiger partial charge is 0.237 e. The van der Waals surface area contributed by atoms with Crippen molar-refractivity contribution in [1.29, 1.82) is 0 Å². The Bertz CT molecular complexity index is 474. The highest BCUT2D eigenvalue weighted by Gasteiger charge is 2.25. The molecule has 1 aliphatic rings. The van der Waals surface area contributed by atoms with E-state index < -0.39 is 10.8 Å². The fourth-order valence-corrected chi connectivity index (χ4v) is 2.49. The topological polar surface area (TPSA) is 86.9 Å². The predicted octanol–water partition coefficient (Wildman–Crippen LogP) is -0.303. The zero-order valence-electron chi connectivity index (χ0n) is 11.2. The summed E-state index contributed by atoms with van der Waals surface area (Å²) in [7, 11) is -0.835. The molecule has 3 N–H and O–H groups in total. The molecule has 3 unspecified atom stereocenters. The van der Waals surface area contributed by atoms with Crippen LogP contribution in [0.3, 0.4) is 0 Å². The van der Waals surface area contributed by atoms with Gasteiger partial charge in [-0.15, -0.1) is 0 Å². The lowest BCUT2D eigenvalue weighted by Gasteiger charge is -2.22. The Morgan fingerprint density at radius 3 is 3.21 bits per heavy atom. The third kappa shape index (κ3) is 3.63. The number of aromatic amines is 1. The van der Waals surface area contributed by atoms with Crippen LogP contribution in [0.5, 0.6) is 0 Å². The maximum Gasteiger partial charge on any atom is 0.237 e. The molecule has 0 saturated carbocycles. The molecule has 2 heterocycles. The first-order chi connectivity index (χ1) is 9.08. The average molecular weight is 284 g/mol. The highest BCUT2D eigenvalue weighted by Crippen LogP contribution is 2.12. The molecule has 0 saturated heterocycles. The van der Waals surface area contributed by atoms with Gasteiger partial charge in [-0.05, 0) is 6.42 Å². The highest BCUT2D eigenvalue weighted by atomic mass is 32.2. The number of hydrogen-bond donors (Lipinski definition) is 3. The van der Waals surface area contributed by atoms with Gasteiger partial charge in [0.1, 0.15) is 0 Å². The van der Waals surface area contributed by atoms with E-state index in [4.69, 9.17) is 0 Å². The molecule has 1 aromatic rings. The van der Waals surface area contributed by atoms with Gasteiger partial charge in [-0.3, -0.25) is 14.3 Å². The lowest BCUT2D eigenvalue weighted by Crippen LogP contribution is -2.48. The Hall–Kier alpha value is -1.21. The van der Waals surface area contributed by atoms with Crippen molar-refractivity contribution in [2.45, 2.75) is 37.6 Å². The Labute approximate surface area is 115 Å². The van der Waals surface area contributed by atoms with Gasteiger partial charge in [-0.25, -0.2) is 4.98 Å². The molecule has 106 valence electrons. The van der Waals surface area contributed by atoms with Gasteiger partial charge < -0.3 is 10.3 Å². The maximum absolute atomic E-state index is 12.0. The molecule has 7 heteroatoms. The van der Waals surface area contributed by atoms with E-state index in [2.05, 4.69) is 20.6 Å². The number of H-pyrrole nitrogens is 1. The lowest BCUT2D eigenvalue weighted by molar-refractivity contribution is -0.123. The standard InChI is InChI=1S/C12H20N4O2S/c1-8(19(2)18)3-4-13-12(17)10-5-9-11(6-14-10)16-7-15-9/h7-8,10,14H,3-6H2,1-2H3,(H,13,17)(H,15,16). The molecular formula is C12H20N4O2S. The highest BCUT2D eigenvalue weighted by molar-refractivity contribution is 7.84. The second-order valence-electron chi connectivity index (χ2n) is 4.85. The molecule has 0 bridgehead atoms. The normalized spacial score (nSPS) is 21.5. The summed E-state index contributed by atoms with van der Waals surface area (Å²) in [5.41, 5.74) is 2.01. The zero-order valence-corrected chi connectivity index (χ0v) is 12.0. The van der Waals surface area contributed by atoms with E-state index in [1.807, 2.05) is 6.92 Å². The fourth-order valence-electron chi connectivity index (χ4n) is 2.04. The van der Waals surface area contributed by atoms with Crippen LogP contribution in [0.4, 0.5) is 0 Å². The molecule has 2 rings (SSSR count). The second-order valence-corrected chi connectivity index (χ2v) is 6.66. The van der Waals surface area contributed by atoms with Crippen LogP contribution in [0.15, 0.2) is 6.33 Å². The molecule has 0 fully saturated rings. The molecule has 0 spiro atoms. The summed E-state index contributed by atoms with van der Waals surface area (Å²) >= 11 is 0. The van der Waals surface area contributed by atoms with Crippen LogP contribution in [-0.4, -0.2) is 44.2 Å². The van der Waals surface area contributed by atoms with Crippen LogP contribution in [0.1, 0.15) is 24.7 Å². The number of amides is 1. The van der Waals surface area contributed by atoms with Crippen LogP contribution < -0.4 is 10.6 Å². The molecule has 1 amide bonds. The summed E-state index contributed by atoms with van der Waals surface area (Å²) in [5, 5.41) is 6.17. The van der Waals surface area contributed by atoms with E-state index in [-0.39, 0.29) is 17.2 Å². The Morgan fingerprint density at radius 2 is 2.47 bits per heavy atom. The summed E-state index contributed by atoms with van der Waals surface area (Å²) in [5.74, 6) is -0.0114. The van der Waals surface area contributed by atoms with Crippen molar-refractivity contribution in [2.24, 2.45) is 0 Å². The van der Waals surface area contributed by atoms with Gasteiger partial charge in [0.05, 0.1) is 23.8 Å². The fraction of sp³-hybridized carbons (Fsp3) is 0.667. The van der Waals surface area contributed by atoms with Crippen molar-refractivity contribution in [3.05, 3.63) is 17.7 Å². The van der Waals surface area contributed by atoms with Gasteiger partial charge in [-0.2, -0.15) is 0 Å². The number of nitrogens with zero attached hydrogens (tertiary/aromatic N) is 1. The quantitative estimate of drug-likeness (QED) is 0.693. The largest absolute Gasteiger partial charge is 0.355 e. The first kappa shape index (κ1) is 14.2. The van der Waals surface area contributed by atoms with Crippen LogP contribution in [0, 0.1) is 0 Å². The van der Waals surface area contributed by atoms with E-state index in [0.29, 0.717) is 19.5 Å². The van der Waals surface area contributed by atoms with Crippen molar-refractivity contribution in [3.8, 4) is 0 Å². The molecule has 1 aromatic heterocycles. The number of imidazole rings is 1. The van der Waals surface area contributed by atoms with Gasteiger partial charge in [0.15, 0.2) is 0 Å². The number of carbonyl (C=O) groups is 1. The van der Waals surface area contributed by atoms with E-state index in [1.54, 1.807) is 12.6 Å². The van der Waals surface area contributed by atoms with Gasteiger partial charge in [0.25, 0.3) is 0 Å². The number of aromatic nitrogens is 2. The first-order valence-corrected chi connectivity index (χ1v) is 8.04.